The van der Waals surface area contributed by atoms with Gasteiger partial charge in [-0.2, -0.15) is 0 Å². The molecule has 0 aliphatic heterocycles. The second kappa shape index (κ2) is 9.71. The fraction of sp³-hybridized carbons (Fsp3) is 0.650. The van der Waals surface area contributed by atoms with Crippen LogP contribution in [0.2, 0.25) is 4.97 Å². The molecule has 0 N–H and O–H groups in total. The van der Waals surface area contributed by atoms with Crippen LogP contribution in [0.3, 0.4) is 0 Å². The first kappa shape index (κ1) is 22.9. The van der Waals surface area contributed by atoms with E-state index >= 15 is 0 Å². The molecule has 0 aliphatic rings. The quantitative estimate of drug-likeness (QED) is 0.571. The van der Waals surface area contributed by atoms with Crippen molar-refractivity contribution >= 4 is 36.3 Å². The van der Waals surface area contributed by atoms with Gasteiger partial charge < -0.3 is 0 Å². The Hall–Kier alpha value is -1.12. The molecule has 26 heavy (non-hydrogen) atoms. The summed E-state index contributed by atoms with van der Waals surface area (Å²) in [7, 11) is 0. The first-order valence-corrected chi connectivity index (χ1v) is 12.7. The molecule has 0 aromatic carbocycles. The van der Waals surface area contributed by atoms with E-state index in [1.54, 1.807) is 6.07 Å². The Bertz CT molecular complexity index is 626. The van der Waals surface area contributed by atoms with E-state index in [0.29, 0.717) is 11.4 Å². The van der Waals surface area contributed by atoms with Crippen LogP contribution in [0.5, 0.6) is 0 Å². The molecule has 5 nitrogen and oxygen atoms in total. The number of aromatic nitrogens is 1. The van der Waals surface area contributed by atoms with Crippen molar-refractivity contribution in [2.75, 3.05) is 0 Å². The van der Waals surface area contributed by atoms with Crippen LogP contribution >= 0.6 is 0 Å². The predicted octanol–water partition coefficient (Wildman–Crippen LogP) is 2.98. The van der Waals surface area contributed by atoms with Crippen molar-refractivity contribution in [3.05, 3.63) is 23.5 Å². The summed E-state index contributed by atoms with van der Waals surface area (Å²) in [6.45, 7) is 16.0. The minimum atomic E-state index is -0.505. The van der Waals surface area contributed by atoms with Gasteiger partial charge in [-0.05, 0) is 0 Å². The van der Waals surface area contributed by atoms with Crippen molar-refractivity contribution in [1.29, 1.82) is 0 Å². The first-order chi connectivity index (χ1) is 12.0. The van der Waals surface area contributed by atoms with Crippen LogP contribution in [0.15, 0.2) is 12.1 Å². The molecule has 146 valence electrons. The number of rotatable bonds is 7. The zero-order valence-electron chi connectivity index (χ0n) is 17.5. The van der Waals surface area contributed by atoms with Crippen LogP contribution < -0.4 is 3.61 Å². The topological polar surface area (TPSA) is 53.5 Å². The van der Waals surface area contributed by atoms with Gasteiger partial charge in [0.05, 0.1) is 0 Å². The molecule has 2 amide bonds. The van der Waals surface area contributed by atoms with Gasteiger partial charge in [0.25, 0.3) is 0 Å². The summed E-state index contributed by atoms with van der Waals surface area (Å²) in [5.41, 5.74) is 0.809. The normalized spacial score (nSPS) is 11.6. The second-order valence-electron chi connectivity index (χ2n) is 7.55. The molecule has 6 heteroatoms. The van der Waals surface area contributed by atoms with Crippen LogP contribution in [0.25, 0.3) is 0 Å². The van der Waals surface area contributed by atoms with E-state index in [4.69, 9.17) is 0 Å². The zero-order chi connectivity index (χ0) is 20.2. The fourth-order valence-corrected chi connectivity index (χ4v) is 4.78. The van der Waals surface area contributed by atoms with E-state index in [9.17, 15) is 9.59 Å². The third-order valence-corrected chi connectivity index (χ3v) is 6.39. The molecule has 0 fully saturated rings. The van der Waals surface area contributed by atoms with Crippen LogP contribution in [-0.2, 0) is 0 Å². The zero-order valence-corrected chi connectivity index (χ0v) is 19.9. The van der Waals surface area contributed by atoms with Crippen molar-refractivity contribution in [2.24, 2.45) is 0 Å². The molecular formula is C20H33N3O2Te. The monoisotopic (exact) mass is 477 g/mol. The van der Waals surface area contributed by atoms with E-state index < -0.39 is 20.9 Å². The SMILES string of the molecule is C[Te]c1ccc(C(=O)N(C(C)C)C(C)C)nc1C(=O)N(C(C)C)C(C)C. The van der Waals surface area contributed by atoms with E-state index in [2.05, 4.69) is 9.96 Å². The molecule has 1 heterocycles. The van der Waals surface area contributed by atoms with Gasteiger partial charge in [-0.1, -0.05) is 0 Å². The molecule has 0 atom stereocenters. The van der Waals surface area contributed by atoms with Gasteiger partial charge in [0.2, 0.25) is 0 Å². The molecule has 0 unspecified atom stereocenters. The standard InChI is InChI=1S/C20H33N3O2Te/c1-12(2)22(13(3)4)19(24)16-10-11-17(26-9)18(21-16)20(25)23(14(5)6)15(7)8/h10-15H,1-9H3. The van der Waals surface area contributed by atoms with Gasteiger partial charge in [0.1, 0.15) is 0 Å². The summed E-state index contributed by atoms with van der Waals surface area (Å²) in [6.07, 6.45) is 0. The van der Waals surface area contributed by atoms with Gasteiger partial charge in [0, 0.05) is 0 Å². The molecule has 1 rings (SSSR count). The fourth-order valence-electron chi connectivity index (χ4n) is 3.27. The van der Waals surface area contributed by atoms with Crippen LogP contribution in [0, 0.1) is 0 Å². The Balaban J connectivity index is 3.40. The van der Waals surface area contributed by atoms with Crippen molar-refractivity contribution in [3.63, 3.8) is 0 Å². The van der Waals surface area contributed by atoms with E-state index in [1.807, 2.05) is 71.3 Å². The van der Waals surface area contributed by atoms with Crippen molar-refractivity contribution in [2.45, 2.75) is 84.5 Å². The van der Waals surface area contributed by atoms with Gasteiger partial charge >= 0.3 is 169 Å². The average molecular weight is 475 g/mol. The summed E-state index contributed by atoms with van der Waals surface area (Å²) in [4.78, 5) is 36.5. The number of pyridine rings is 1. The molecule has 0 aliphatic carbocycles. The van der Waals surface area contributed by atoms with Crippen LogP contribution in [0.4, 0.5) is 0 Å². The number of amides is 2. The number of hydrogen-bond acceptors (Lipinski definition) is 3. The van der Waals surface area contributed by atoms with Gasteiger partial charge in [-0.3, -0.25) is 0 Å². The summed E-state index contributed by atoms with van der Waals surface area (Å²) < 4.78 is 1.00. The van der Waals surface area contributed by atoms with Crippen molar-refractivity contribution in [1.82, 2.24) is 14.8 Å². The van der Waals surface area contributed by atoms with E-state index in [1.165, 1.54) is 0 Å². The minimum absolute atomic E-state index is 0.0749. The first-order valence-electron chi connectivity index (χ1n) is 9.23. The number of carbonyl (C=O) groups is 2. The number of carbonyl (C=O) groups excluding carboxylic acids is 2. The van der Waals surface area contributed by atoms with Crippen LogP contribution in [0.1, 0.15) is 76.4 Å². The Morgan fingerprint density at radius 2 is 1.23 bits per heavy atom. The molecule has 1 aromatic heterocycles. The molecule has 0 bridgehead atoms. The summed E-state index contributed by atoms with van der Waals surface area (Å²) >= 11 is -0.505. The van der Waals surface area contributed by atoms with Gasteiger partial charge in [0.15, 0.2) is 0 Å². The Labute approximate surface area is 168 Å². The third kappa shape index (κ3) is 5.20. The van der Waals surface area contributed by atoms with E-state index in [-0.39, 0.29) is 36.0 Å². The van der Waals surface area contributed by atoms with Gasteiger partial charge in [-0.25, -0.2) is 0 Å². The number of hydrogen-bond donors (Lipinski definition) is 0. The van der Waals surface area contributed by atoms with Gasteiger partial charge in [-0.15, -0.1) is 0 Å². The molecule has 1 aromatic rings. The van der Waals surface area contributed by atoms with Crippen molar-refractivity contribution < 1.29 is 9.59 Å². The van der Waals surface area contributed by atoms with Crippen LogP contribution in [-0.4, -0.2) is 71.7 Å². The molecule has 0 spiro atoms. The summed E-state index contributed by atoms with van der Waals surface area (Å²) in [5.74, 6) is -0.194. The Kier molecular flexibility index (Phi) is 8.56. The summed E-state index contributed by atoms with van der Waals surface area (Å²) in [6, 6.07) is 4.01. The maximum absolute atomic E-state index is 13.2. The number of nitrogens with zero attached hydrogens (tertiary/aromatic N) is 3. The summed E-state index contributed by atoms with van der Waals surface area (Å²) in [5, 5.41) is 0. The molecule has 0 saturated carbocycles. The molecule has 0 radical (unpaired) electrons. The Morgan fingerprint density at radius 3 is 1.62 bits per heavy atom. The van der Waals surface area contributed by atoms with E-state index in [0.717, 1.165) is 3.61 Å². The van der Waals surface area contributed by atoms with Crippen molar-refractivity contribution in [3.8, 4) is 0 Å². The Morgan fingerprint density at radius 1 is 0.808 bits per heavy atom. The molecular weight excluding hydrogens is 442 g/mol. The maximum atomic E-state index is 13.2. The second-order valence-corrected chi connectivity index (χ2v) is 9.97. The molecule has 0 saturated heterocycles. The predicted molar refractivity (Wildman–Crippen MR) is 108 cm³/mol. The average Bonchev–Trinajstić information content (AvgIpc) is 2.52. The third-order valence-electron chi connectivity index (χ3n) is 4.19.